The molecule has 3 aliphatic heterocycles. The van der Waals surface area contributed by atoms with Gasteiger partial charge in [0.1, 0.15) is 22.8 Å². The third kappa shape index (κ3) is 5.87. The Morgan fingerprint density at radius 2 is 1.83 bits per heavy atom. The molecule has 5 N–H and O–H groups in total. The van der Waals surface area contributed by atoms with Crippen molar-refractivity contribution >= 4 is 40.4 Å². The quantitative estimate of drug-likeness (QED) is 0.0971. The molecule has 6 unspecified atom stereocenters. The summed E-state index contributed by atoms with van der Waals surface area (Å²) in [6, 6.07) is 7.23. The lowest BCUT2D eigenvalue weighted by Crippen LogP contribution is -2.78. The van der Waals surface area contributed by atoms with E-state index in [-0.39, 0.29) is 42.9 Å². The zero-order chi connectivity index (χ0) is 41.5. The lowest BCUT2D eigenvalue weighted by Gasteiger charge is -2.66. The van der Waals surface area contributed by atoms with Crippen molar-refractivity contribution in [2.24, 2.45) is 17.8 Å². The number of nitrogens with one attached hydrogen (secondary N) is 2. The summed E-state index contributed by atoms with van der Waals surface area (Å²) in [6.45, 7) is 15.9. The Bertz CT molecular complexity index is 2390. The molecule has 1 aromatic heterocycles. The number of ketones is 1. The Kier molecular flexibility index (Phi) is 9.79. The molecular formula is C47H56N4O7. The lowest BCUT2D eigenvalue weighted by atomic mass is 9.46. The zero-order valence-electron chi connectivity index (χ0n) is 34.8. The molecule has 1 spiro atoms. The molecule has 3 aromatic rings. The SMILES string of the molecule is CC(C)=CCCC1(C)C=Cc2c(O)c3c(c(CC=C(C)C)c2O1)OC12C4=C3Nc3nc5ccccc5n3C4C(CC1C(C)C)C(=O)C2(O)C/C=C(/C)C(=O)NCCO. The van der Waals surface area contributed by atoms with Crippen LogP contribution in [0.25, 0.3) is 22.8 Å². The van der Waals surface area contributed by atoms with E-state index in [1.165, 1.54) is 5.57 Å². The van der Waals surface area contributed by atoms with Gasteiger partial charge in [-0.05, 0) is 97.4 Å². The maximum Gasteiger partial charge on any atom is 0.246 e. The Morgan fingerprint density at radius 1 is 1.09 bits per heavy atom. The number of fused-ring (bicyclic) bond motifs is 8. The van der Waals surface area contributed by atoms with Crippen molar-refractivity contribution in [2.75, 3.05) is 18.5 Å². The second-order valence-electron chi connectivity index (χ2n) is 17.8. The van der Waals surface area contributed by atoms with Crippen molar-refractivity contribution in [3.8, 4) is 17.2 Å². The van der Waals surface area contributed by atoms with Crippen LogP contribution in [0.2, 0.25) is 0 Å². The minimum absolute atomic E-state index is 0.0181. The highest BCUT2D eigenvalue weighted by Crippen LogP contribution is 2.69. The number of hydrogen-bond donors (Lipinski definition) is 5. The van der Waals surface area contributed by atoms with Crippen LogP contribution in [0, 0.1) is 17.8 Å². The highest BCUT2D eigenvalue weighted by molar-refractivity contribution is 6.03. The monoisotopic (exact) mass is 788 g/mol. The van der Waals surface area contributed by atoms with E-state index in [2.05, 4.69) is 55.0 Å². The van der Waals surface area contributed by atoms with Gasteiger partial charge in [0.25, 0.3) is 0 Å². The second-order valence-corrected chi connectivity index (χ2v) is 17.8. The fourth-order valence-electron chi connectivity index (χ4n) is 10.1. The van der Waals surface area contributed by atoms with Crippen molar-refractivity contribution in [3.63, 3.8) is 0 Å². The fourth-order valence-corrected chi connectivity index (χ4v) is 10.1. The number of phenolic OH excluding ortho intramolecular Hbond substituents is 1. The molecule has 306 valence electrons. The van der Waals surface area contributed by atoms with Crippen molar-refractivity contribution < 1.29 is 34.4 Å². The molecule has 0 saturated heterocycles. The van der Waals surface area contributed by atoms with Gasteiger partial charge in [-0.2, -0.15) is 0 Å². The maximum absolute atomic E-state index is 15.3. The van der Waals surface area contributed by atoms with E-state index in [0.717, 1.165) is 23.0 Å². The van der Waals surface area contributed by atoms with Gasteiger partial charge in [-0.25, -0.2) is 4.98 Å². The minimum atomic E-state index is -2.12. The zero-order valence-corrected chi connectivity index (χ0v) is 34.8. The topological polar surface area (TPSA) is 155 Å². The molecule has 6 atom stereocenters. The molecule has 2 aromatic carbocycles. The third-order valence-electron chi connectivity index (χ3n) is 13.0. The fraction of sp³-hybridized carbons (Fsp3) is 0.468. The van der Waals surface area contributed by atoms with E-state index < -0.39 is 34.7 Å². The van der Waals surface area contributed by atoms with Gasteiger partial charge in [-0.3, -0.25) is 9.59 Å². The molecule has 11 heteroatoms. The summed E-state index contributed by atoms with van der Waals surface area (Å²) in [7, 11) is 0. The standard InChI is InChI=1S/C47H56N4O7/c1-25(2)12-11-19-45(8)20-18-29-39(53)35-37-36-38(51-34-14-10-9-13-33(34)49-44(51)50-37)31-24-32(27(5)6)47(36,58-41(35)30(40(29)57-45)16-15-26(3)4)46(56,42(31)54)21-17-28(7)43(55)48-22-23-52/h9-10,12-15,17-18,20,27,31-32,38,52-53,56H,11,16,19,21-24H2,1-8H3,(H,48,55)(H,49,50)/b28-17-. The molecule has 2 bridgehead atoms. The van der Waals surface area contributed by atoms with Crippen LogP contribution >= 0.6 is 0 Å². The van der Waals surface area contributed by atoms with Gasteiger partial charge >= 0.3 is 0 Å². The van der Waals surface area contributed by atoms with Crippen LogP contribution in [0.15, 0.2) is 70.9 Å². The number of rotatable bonds is 11. The largest absolute Gasteiger partial charge is 0.506 e. The first-order valence-corrected chi connectivity index (χ1v) is 20.6. The number of aliphatic hydroxyl groups is 2. The second kappa shape index (κ2) is 14.3. The first-order chi connectivity index (χ1) is 27.6. The third-order valence-corrected chi connectivity index (χ3v) is 13.0. The molecule has 9 rings (SSSR count). The summed E-state index contributed by atoms with van der Waals surface area (Å²) < 4.78 is 16.6. The number of aromatic hydroxyl groups is 1. The smallest absolute Gasteiger partial charge is 0.246 e. The Morgan fingerprint density at radius 3 is 2.53 bits per heavy atom. The van der Waals surface area contributed by atoms with E-state index in [0.29, 0.717) is 70.2 Å². The molecule has 11 nitrogen and oxygen atoms in total. The van der Waals surface area contributed by atoms with Crippen molar-refractivity contribution in [1.29, 1.82) is 0 Å². The van der Waals surface area contributed by atoms with Crippen molar-refractivity contribution in [1.82, 2.24) is 14.9 Å². The van der Waals surface area contributed by atoms with Gasteiger partial charge in [-0.1, -0.05) is 55.4 Å². The molecule has 3 aliphatic carbocycles. The number of aliphatic hydroxyl groups excluding tert-OH is 1. The maximum atomic E-state index is 15.3. The minimum Gasteiger partial charge on any atom is -0.506 e. The summed E-state index contributed by atoms with van der Waals surface area (Å²) >= 11 is 0. The Balaban J connectivity index is 1.42. The highest BCUT2D eigenvalue weighted by atomic mass is 16.5. The predicted molar refractivity (Wildman–Crippen MR) is 226 cm³/mol. The summed E-state index contributed by atoms with van der Waals surface area (Å²) in [5.41, 5.74) is 2.73. The first kappa shape index (κ1) is 39.7. The van der Waals surface area contributed by atoms with E-state index in [1.807, 2.05) is 57.2 Å². The molecular weight excluding hydrogens is 733 g/mol. The highest BCUT2D eigenvalue weighted by Gasteiger charge is 2.76. The number of ether oxygens (including phenoxy) is 2. The number of anilines is 1. The normalized spacial score (nSPS) is 27.5. The van der Waals surface area contributed by atoms with Crippen molar-refractivity contribution in [2.45, 2.75) is 110 Å². The van der Waals surface area contributed by atoms with Crippen LogP contribution < -0.4 is 20.1 Å². The number of phenols is 1. The summed E-state index contributed by atoms with van der Waals surface area (Å²) in [6.07, 6.45) is 12.0. The van der Waals surface area contributed by atoms with Crippen LogP contribution in [-0.2, 0) is 16.0 Å². The number of nitrogens with zero attached hydrogens (tertiary/aromatic N) is 2. The summed E-state index contributed by atoms with van der Waals surface area (Å²) in [5, 5.41) is 41.7. The number of aromatic nitrogens is 2. The van der Waals surface area contributed by atoms with Crippen LogP contribution in [0.3, 0.4) is 0 Å². The van der Waals surface area contributed by atoms with Crippen LogP contribution in [-0.4, -0.2) is 66.5 Å². The van der Waals surface area contributed by atoms with Gasteiger partial charge in [0.05, 0.1) is 40.5 Å². The van der Waals surface area contributed by atoms with Gasteiger partial charge < -0.3 is 40.0 Å². The molecule has 0 radical (unpaired) electrons. The molecule has 58 heavy (non-hydrogen) atoms. The number of carbonyl (C=O) groups is 2. The number of hydrogen-bond acceptors (Lipinski definition) is 9. The van der Waals surface area contributed by atoms with Crippen molar-refractivity contribution in [3.05, 3.63) is 87.6 Å². The number of amides is 1. The Hall–Kier alpha value is -5.13. The Labute approximate surface area is 340 Å². The van der Waals surface area contributed by atoms with E-state index in [9.17, 15) is 20.1 Å². The number of Topliss-reactive ketones (excluding diaryl/α,β-unsaturated/α-hetero) is 1. The molecule has 3 fully saturated rings. The lowest BCUT2D eigenvalue weighted by molar-refractivity contribution is -0.210. The van der Waals surface area contributed by atoms with Gasteiger partial charge in [0.15, 0.2) is 17.0 Å². The number of imidazole rings is 1. The number of carbonyl (C=O) groups excluding carboxylic acids is 2. The molecule has 4 heterocycles. The van der Waals surface area contributed by atoms with Gasteiger partial charge in [-0.15, -0.1) is 0 Å². The van der Waals surface area contributed by atoms with Gasteiger partial charge in [0.2, 0.25) is 11.9 Å². The van der Waals surface area contributed by atoms with E-state index in [4.69, 9.17) is 14.5 Å². The van der Waals surface area contributed by atoms with Gasteiger partial charge in [0, 0.05) is 41.5 Å². The number of allylic oxidation sites excluding steroid dienone is 4. The number of para-hydroxylation sites is 2. The molecule has 6 aliphatic rings. The molecule has 3 saturated carbocycles. The van der Waals surface area contributed by atoms with E-state index in [1.54, 1.807) is 13.0 Å². The average Bonchev–Trinajstić information content (AvgIpc) is 3.55. The van der Waals surface area contributed by atoms with E-state index >= 15 is 4.79 Å². The van der Waals surface area contributed by atoms with Crippen LogP contribution in [0.5, 0.6) is 17.2 Å². The summed E-state index contributed by atoms with van der Waals surface area (Å²) in [5.74, 6) is -0.451. The first-order valence-electron chi connectivity index (χ1n) is 20.6. The number of benzene rings is 2. The molecule has 1 amide bonds. The predicted octanol–water partition coefficient (Wildman–Crippen LogP) is 7.72. The van der Waals surface area contributed by atoms with Crippen LogP contribution in [0.4, 0.5) is 5.95 Å². The van der Waals surface area contributed by atoms with Crippen LogP contribution in [0.1, 0.15) is 104 Å². The summed E-state index contributed by atoms with van der Waals surface area (Å²) in [4.78, 5) is 33.4. The average molecular weight is 789 g/mol.